The van der Waals surface area contributed by atoms with E-state index >= 15 is 0 Å². The van der Waals surface area contributed by atoms with E-state index in [0.717, 1.165) is 0 Å². The number of benzene rings is 2. The molecule has 10 nitrogen and oxygen atoms in total. The number of esters is 1. The smallest absolute Gasteiger partial charge is 0.407 e. The molecule has 0 heterocycles. The first-order valence-electron chi connectivity index (χ1n) is 10.6. The molecule has 0 spiro atoms. The van der Waals surface area contributed by atoms with E-state index in [-0.39, 0.29) is 31.7 Å². The topological polar surface area (TPSA) is 137 Å². The van der Waals surface area contributed by atoms with Crippen LogP contribution in [0.3, 0.4) is 0 Å². The van der Waals surface area contributed by atoms with Crippen molar-refractivity contribution in [2.75, 3.05) is 13.2 Å². The van der Waals surface area contributed by atoms with Crippen LogP contribution in [0.25, 0.3) is 0 Å². The number of alkyl carbamates (subject to hydrolysis) is 1. The van der Waals surface area contributed by atoms with Crippen molar-refractivity contribution in [1.29, 1.82) is 0 Å². The normalized spacial score (nSPS) is 12.2. The number of hydrogen-bond acceptors (Lipinski definition) is 7. The number of halogens is 1. The van der Waals surface area contributed by atoms with Gasteiger partial charge in [-0.3, -0.25) is 14.9 Å². The maximum Gasteiger partial charge on any atom is 0.407 e. The molecule has 2 amide bonds. The number of nitro benzene ring substituents is 1. The molecule has 11 heteroatoms. The lowest BCUT2D eigenvalue weighted by Gasteiger charge is -2.22. The monoisotopic (exact) mass is 475 g/mol. The molecular weight excluding hydrogens is 449 g/mol. The third-order valence-corrected chi connectivity index (χ3v) is 4.71. The van der Waals surface area contributed by atoms with Crippen LogP contribution < -0.4 is 10.6 Å². The van der Waals surface area contributed by atoms with E-state index in [1.54, 1.807) is 13.8 Å². The third kappa shape index (κ3) is 8.15. The fourth-order valence-electron chi connectivity index (χ4n) is 3.08. The molecule has 0 radical (unpaired) electrons. The number of ether oxygens (including phenoxy) is 2. The first-order chi connectivity index (χ1) is 16.2. The van der Waals surface area contributed by atoms with E-state index in [1.807, 2.05) is 0 Å². The maximum absolute atomic E-state index is 13.2. The number of carbonyl (C=O) groups is 3. The average molecular weight is 475 g/mol. The van der Waals surface area contributed by atoms with Gasteiger partial charge in [0.15, 0.2) is 0 Å². The largest absolute Gasteiger partial charge is 0.464 e. The van der Waals surface area contributed by atoms with Crippen molar-refractivity contribution < 1.29 is 33.2 Å². The molecular formula is C23H26FN3O7. The summed E-state index contributed by atoms with van der Waals surface area (Å²) in [6.45, 7) is 3.38. The summed E-state index contributed by atoms with van der Waals surface area (Å²) in [5, 5.41) is 15.9. The fourth-order valence-corrected chi connectivity index (χ4v) is 3.08. The van der Waals surface area contributed by atoms with Gasteiger partial charge >= 0.3 is 12.1 Å². The van der Waals surface area contributed by atoms with Crippen molar-refractivity contribution in [2.24, 2.45) is 0 Å². The van der Waals surface area contributed by atoms with Crippen molar-refractivity contribution >= 4 is 23.7 Å². The number of carbonyl (C=O) groups excluding carboxylic acids is 3. The Kier molecular flexibility index (Phi) is 9.93. The van der Waals surface area contributed by atoms with Crippen molar-refractivity contribution in [2.45, 2.75) is 38.8 Å². The highest BCUT2D eigenvalue weighted by Crippen LogP contribution is 2.14. The van der Waals surface area contributed by atoms with Gasteiger partial charge in [-0.05, 0) is 37.1 Å². The lowest BCUT2D eigenvalue weighted by molar-refractivity contribution is -0.384. The van der Waals surface area contributed by atoms with Crippen LogP contribution in [0.5, 0.6) is 0 Å². The number of nitrogens with zero attached hydrogens (tertiary/aromatic N) is 1. The van der Waals surface area contributed by atoms with Gasteiger partial charge in [0.05, 0.1) is 18.1 Å². The van der Waals surface area contributed by atoms with Crippen molar-refractivity contribution in [1.82, 2.24) is 10.6 Å². The van der Waals surface area contributed by atoms with Gasteiger partial charge in [-0.15, -0.1) is 0 Å². The highest BCUT2D eigenvalue weighted by atomic mass is 19.1. The predicted molar refractivity (Wildman–Crippen MR) is 119 cm³/mol. The zero-order valence-corrected chi connectivity index (χ0v) is 18.8. The second-order valence-corrected chi connectivity index (χ2v) is 7.19. The Bertz CT molecular complexity index is 997. The number of nitro groups is 1. The summed E-state index contributed by atoms with van der Waals surface area (Å²) in [5.41, 5.74) is 1.00. The minimum absolute atomic E-state index is 0.0191. The van der Waals surface area contributed by atoms with E-state index in [4.69, 9.17) is 9.47 Å². The molecule has 2 rings (SSSR count). The number of rotatable bonds is 11. The summed E-state index contributed by atoms with van der Waals surface area (Å²) >= 11 is 0. The molecule has 2 atom stereocenters. The third-order valence-electron chi connectivity index (χ3n) is 4.71. The zero-order valence-electron chi connectivity index (χ0n) is 18.8. The minimum atomic E-state index is -1.15. The fraction of sp³-hybridized carbons (Fsp3) is 0.348. The first-order valence-corrected chi connectivity index (χ1v) is 10.6. The van der Waals surface area contributed by atoms with Crippen LogP contribution in [-0.4, -0.2) is 48.2 Å². The van der Waals surface area contributed by atoms with Gasteiger partial charge in [0.2, 0.25) is 5.91 Å². The van der Waals surface area contributed by atoms with Crippen LogP contribution in [-0.2, 0) is 31.9 Å². The molecule has 0 fully saturated rings. The molecule has 0 unspecified atom stereocenters. The lowest BCUT2D eigenvalue weighted by atomic mass is 10.0. The average Bonchev–Trinajstić information content (AvgIpc) is 2.80. The molecule has 0 aliphatic carbocycles. The van der Waals surface area contributed by atoms with Gasteiger partial charge < -0.3 is 20.1 Å². The minimum Gasteiger partial charge on any atom is -0.464 e. The Morgan fingerprint density at radius 2 is 1.41 bits per heavy atom. The quantitative estimate of drug-likeness (QED) is 0.290. The van der Waals surface area contributed by atoms with E-state index in [2.05, 4.69) is 10.6 Å². The maximum atomic E-state index is 13.2. The summed E-state index contributed by atoms with van der Waals surface area (Å²) in [6.07, 6.45) is -0.820. The summed E-state index contributed by atoms with van der Waals surface area (Å²) < 4.78 is 23.1. The van der Waals surface area contributed by atoms with Gasteiger partial charge in [-0.25, -0.2) is 14.0 Å². The molecule has 0 saturated carbocycles. The number of amides is 2. The van der Waals surface area contributed by atoms with Crippen LogP contribution >= 0.6 is 0 Å². The Balaban J connectivity index is 2.22. The molecule has 0 saturated heterocycles. The van der Waals surface area contributed by atoms with Crippen LogP contribution in [0.2, 0.25) is 0 Å². The SMILES string of the molecule is CCOC(=O)N[C@@H](Cc1ccc([N+](=O)[O-])cc1)C(=O)N[C@@H](Cc1ccc(F)cc1)C(=O)OCC. The second kappa shape index (κ2) is 12.9. The Morgan fingerprint density at radius 3 is 1.94 bits per heavy atom. The van der Waals surface area contributed by atoms with Gasteiger partial charge in [0, 0.05) is 25.0 Å². The standard InChI is InChI=1S/C23H26FN3O7/c1-3-33-22(29)20(14-15-5-9-17(24)10-6-15)25-21(28)19(26-23(30)34-4-2)13-16-7-11-18(12-8-16)27(31)32/h5-12,19-20H,3-4,13-14H2,1-2H3,(H,25,28)(H,26,30)/t19-,20-/m0/s1. The van der Waals surface area contributed by atoms with Crippen molar-refractivity contribution in [3.8, 4) is 0 Å². The van der Waals surface area contributed by atoms with Gasteiger partial charge in [0.1, 0.15) is 17.9 Å². The van der Waals surface area contributed by atoms with Crippen molar-refractivity contribution in [3.05, 3.63) is 75.6 Å². The molecule has 2 aromatic rings. The highest BCUT2D eigenvalue weighted by Gasteiger charge is 2.28. The number of nitrogens with one attached hydrogen (secondary N) is 2. The number of hydrogen-bond donors (Lipinski definition) is 2. The van der Waals surface area contributed by atoms with Crippen LogP contribution in [0.4, 0.5) is 14.9 Å². The van der Waals surface area contributed by atoms with Crippen LogP contribution in [0, 0.1) is 15.9 Å². The summed E-state index contributed by atoms with van der Waals surface area (Å²) in [7, 11) is 0. The molecule has 2 aromatic carbocycles. The summed E-state index contributed by atoms with van der Waals surface area (Å²) in [6, 6.07) is 8.69. The van der Waals surface area contributed by atoms with Crippen molar-refractivity contribution in [3.63, 3.8) is 0 Å². The molecule has 0 aliphatic heterocycles. The second-order valence-electron chi connectivity index (χ2n) is 7.19. The molecule has 34 heavy (non-hydrogen) atoms. The Morgan fingerprint density at radius 1 is 0.882 bits per heavy atom. The van der Waals surface area contributed by atoms with Gasteiger partial charge in [-0.1, -0.05) is 24.3 Å². The predicted octanol–water partition coefficient (Wildman–Crippen LogP) is 2.68. The highest BCUT2D eigenvalue weighted by molar-refractivity contribution is 5.90. The van der Waals surface area contributed by atoms with E-state index < -0.39 is 40.8 Å². The molecule has 182 valence electrons. The molecule has 2 N–H and O–H groups in total. The summed E-state index contributed by atoms with van der Waals surface area (Å²) in [5.74, 6) is -1.82. The van der Waals surface area contributed by atoms with Gasteiger partial charge in [-0.2, -0.15) is 0 Å². The Labute approximate surface area is 195 Å². The lowest BCUT2D eigenvalue weighted by Crippen LogP contribution is -2.53. The van der Waals surface area contributed by atoms with Crippen LogP contribution in [0.1, 0.15) is 25.0 Å². The first kappa shape index (κ1) is 26.2. The summed E-state index contributed by atoms with van der Waals surface area (Å²) in [4.78, 5) is 47.9. The zero-order chi connectivity index (χ0) is 25.1. The molecule has 0 aromatic heterocycles. The van der Waals surface area contributed by atoms with E-state index in [9.17, 15) is 28.9 Å². The van der Waals surface area contributed by atoms with E-state index in [0.29, 0.717) is 11.1 Å². The Hall–Kier alpha value is -4.02. The van der Waals surface area contributed by atoms with E-state index in [1.165, 1.54) is 48.5 Å². The molecule has 0 bridgehead atoms. The molecule has 0 aliphatic rings. The van der Waals surface area contributed by atoms with Gasteiger partial charge in [0.25, 0.3) is 5.69 Å². The van der Waals surface area contributed by atoms with Crippen LogP contribution in [0.15, 0.2) is 48.5 Å². The number of non-ortho nitro benzene ring substituents is 1.